The van der Waals surface area contributed by atoms with Gasteiger partial charge in [-0.1, -0.05) is 13.8 Å². The van der Waals surface area contributed by atoms with Gasteiger partial charge in [0.2, 0.25) is 10.0 Å². The normalized spacial score (nSPS) is 13.4. The van der Waals surface area contributed by atoms with Gasteiger partial charge in [-0.3, -0.25) is 0 Å². The van der Waals surface area contributed by atoms with Gasteiger partial charge in [-0.15, -0.1) is 0 Å². The molecule has 0 aromatic carbocycles. The molecule has 1 rings (SSSR count). The van der Waals surface area contributed by atoms with E-state index >= 15 is 0 Å². The molecule has 108 valence electrons. The van der Waals surface area contributed by atoms with Gasteiger partial charge in [0.1, 0.15) is 10.6 Å². The number of carbonyl (C=O) groups is 1. The Morgan fingerprint density at radius 3 is 2.58 bits per heavy atom. The Kier molecular flexibility index (Phi) is 5.13. The zero-order valence-corrected chi connectivity index (χ0v) is 12.2. The topological polar surface area (TPSA) is 88.4 Å². The molecule has 0 radical (unpaired) electrons. The van der Waals surface area contributed by atoms with Crippen LogP contribution in [0.5, 0.6) is 0 Å². The molecule has 6 nitrogen and oxygen atoms in total. The second kappa shape index (κ2) is 6.21. The van der Waals surface area contributed by atoms with Crippen LogP contribution in [0.25, 0.3) is 0 Å². The van der Waals surface area contributed by atoms with Crippen molar-refractivity contribution in [3.8, 4) is 0 Å². The zero-order chi connectivity index (χ0) is 14.6. The fourth-order valence-corrected chi connectivity index (χ4v) is 3.02. The Labute approximate surface area is 113 Å². The van der Waals surface area contributed by atoms with Gasteiger partial charge in [-0.25, -0.2) is 17.9 Å². The summed E-state index contributed by atoms with van der Waals surface area (Å²) in [5.41, 5.74) is -0.00798. The van der Waals surface area contributed by atoms with Crippen molar-refractivity contribution in [1.29, 1.82) is 0 Å². The fraction of sp³-hybridized carbons (Fsp3) is 0.583. The molecule has 19 heavy (non-hydrogen) atoms. The zero-order valence-electron chi connectivity index (χ0n) is 11.4. The van der Waals surface area contributed by atoms with Crippen molar-refractivity contribution in [2.45, 2.75) is 51.1 Å². The minimum atomic E-state index is -3.66. The van der Waals surface area contributed by atoms with Gasteiger partial charge in [0.15, 0.2) is 0 Å². The highest BCUT2D eigenvalue weighted by Crippen LogP contribution is 2.16. The largest absolute Gasteiger partial charge is 0.477 e. The first kappa shape index (κ1) is 15.7. The minimum Gasteiger partial charge on any atom is -0.477 e. The average Bonchev–Trinajstić information content (AvgIpc) is 2.74. The van der Waals surface area contributed by atoms with Crippen LogP contribution in [-0.4, -0.2) is 30.1 Å². The van der Waals surface area contributed by atoms with E-state index in [0.29, 0.717) is 13.0 Å². The summed E-state index contributed by atoms with van der Waals surface area (Å²) in [5, 5.41) is 9.06. The summed E-state index contributed by atoms with van der Waals surface area (Å²) in [6.45, 7) is 6.01. The van der Waals surface area contributed by atoms with E-state index in [1.165, 1.54) is 16.8 Å². The Morgan fingerprint density at radius 2 is 2.11 bits per heavy atom. The number of sulfonamides is 1. The molecule has 0 bridgehead atoms. The third-order valence-corrected chi connectivity index (χ3v) is 4.39. The Hall–Kier alpha value is -1.34. The van der Waals surface area contributed by atoms with E-state index in [0.717, 1.165) is 6.42 Å². The van der Waals surface area contributed by atoms with E-state index in [4.69, 9.17) is 5.11 Å². The van der Waals surface area contributed by atoms with Gasteiger partial charge < -0.3 is 9.67 Å². The third kappa shape index (κ3) is 3.81. The van der Waals surface area contributed by atoms with Gasteiger partial charge >= 0.3 is 5.97 Å². The van der Waals surface area contributed by atoms with Gasteiger partial charge in [0.25, 0.3) is 0 Å². The molecule has 2 N–H and O–H groups in total. The number of aromatic carboxylic acids is 1. The van der Waals surface area contributed by atoms with Gasteiger partial charge in [-0.2, -0.15) is 0 Å². The van der Waals surface area contributed by atoms with Crippen molar-refractivity contribution >= 4 is 16.0 Å². The fourth-order valence-electron chi connectivity index (χ4n) is 1.65. The number of hydrogen-bond acceptors (Lipinski definition) is 3. The van der Waals surface area contributed by atoms with Crippen LogP contribution in [0.3, 0.4) is 0 Å². The molecule has 0 saturated carbocycles. The van der Waals surface area contributed by atoms with E-state index in [1.54, 1.807) is 6.92 Å². The summed E-state index contributed by atoms with van der Waals surface area (Å²) in [6.07, 6.45) is 2.77. The summed E-state index contributed by atoms with van der Waals surface area (Å²) in [4.78, 5) is 11.1. The number of hydrogen-bond donors (Lipinski definition) is 2. The number of aromatic nitrogens is 1. The lowest BCUT2D eigenvalue weighted by molar-refractivity contribution is 0.0685. The lowest BCUT2D eigenvalue weighted by Crippen LogP contribution is -2.31. The highest BCUT2D eigenvalue weighted by molar-refractivity contribution is 7.89. The van der Waals surface area contributed by atoms with Crippen molar-refractivity contribution in [2.75, 3.05) is 0 Å². The molecule has 0 spiro atoms. The number of nitrogens with zero attached hydrogens (tertiary/aromatic N) is 1. The van der Waals surface area contributed by atoms with Crippen LogP contribution >= 0.6 is 0 Å². The Morgan fingerprint density at radius 1 is 1.47 bits per heavy atom. The molecule has 0 aliphatic carbocycles. The van der Waals surface area contributed by atoms with Crippen LogP contribution in [0.2, 0.25) is 0 Å². The van der Waals surface area contributed by atoms with Crippen LogP contribution in [0.4, 0.5) is 0 Å². The maximum absolute atomic E-state index is 12.1. The molecule has 1 aromatic rings. The maximum atomic E-state index is 12.1. The third-order valence-electron chi connectivity index (χ3n) is 2.83. The first-order chi connectivity index (χ1) is 8.81. The molecule has 1 atom stereocenters. The van der Waals surface area contributed by atoms with E-state index in [1.807, 2.05) is 13.8 Å². The number of rotatable bonds is 7. The standard InChI is InChI=1S/C12H20N2O4S/c1-4-6-14-8-10(7-11(14)12(15)16)19(17,18)13-9(3)5-2/h7-9,13H,4-6H2,1-3H3,(H,15,16). The van der Waals surface area contributed by atoms with E-state index in [9.17, 15) is 13.2 Å². The molecule has 1 heterocycles. The lowest BCUT2D eigenvalue weighted by atomic mass is 10.3. The van der Waals surface area contributed by atoms with Gasteiger partial charge in [0.05, 0.1) is 0 Å². The summed E-state index contributed by atoms with van der Waals surface area (Å²) < 4.78 is 28.1. The van der Waals surface area contributed by atoms with E-state index in [-0.39, 0.29) is 16.6 Å². The number of nitrogens with one attached hydrogen (secondary N) is 1. The van der Waals surface area contributed by atoms with E-state index < -0.39 is 16.0 Å². The van der Waals surface area contributed by atoms with Crippen molar-refractivity contribution in [2.24, 2.45) is 0 Å². The van der Waals surface area contributed by atoms with Crippen LogP contribution in [0, 0.1) is 0 Å². The molecule has 7 heteroatoms. The molecule has 0 fully saturated rings. The van der Waals surface area contributed by atoms with E-state index in [2.05, 4.69) is 4.72 Å². The lowest BCUT2D eigenvalue weighted by Gasteiger charge is -2.10. The first-order valence-electron chi connectivity index (χ1n) is 6.27. The molecule has 0 amide bonds. The van der Waals surface area contributed by atoms with Crippen LogP contribution in [0.1, 0.15) is 44.1 Å². The first-order valence-corrected chi connectivity index (χ1v) is 7.76. The monoisotopic (exact) mass is 288 g/mol. The summed E-state index contributed by atoms with van der Waals surface area (Å²) in [6, 6.07) is 1.01. The molecule has 0 aliphatic heterocycles. The quantitative estimate of drug-likeness (QED) is 0.799. The van der Waals surface area contributed by atoms with Crippen molar-refractivity contribution < 1.29 is 18.3 Å². The molecule has 0 aliphatic rings. The van der Waals surface area contributed by atoms with Gasteiger partial charge in [-0.05, 0) is 25.8 Å². The summed E-state index contributed by atoms with van der Waals surface area (Å²) in [7, 11) is -3.66. The summed E-state index contributed by atoms with van der Waals surface area (Å²) >= 11 is 0. The van der Waals surface area contributed by atoms with Crippen LogP contribution in [-0.2, 0) is 16.6 Å². The number of carboxylic acids is 1. The average molecular weight is 288 g/mol. The SMILES string of the molecule is CCCn1cc(S(=O)(=O)NC(C)CC)cc1C(=O)O. The minimum absolute atomic E-state index is 0.00125. The second-order valence-electron chi connectivity index (χ2n) is 4.49. The van der Waals surface area contributed by atoms with Crippen molar-refractivity contribution in [1.82, 2.24) is 9.29 Å². The Bertz CT molecular complexity index is 548. The van der Waals surface area contributed by atoms with Crippen LogP contribution in [0.15, 0.2) is 17.2 Å². The molecule has 1 aromatic heterocycles. The molecule has 0 saturated heterocycles. The highest BCUT2D eigenvalue weighted by atomic mass is 32.2. The smallest absolute Gasteiger partial charge is 0.352 e. The van der Waals surface area contributed by atoms with Crippen molar-refractivity contribution in [3.05, 3.63) is 18.0 Å². The van der Waals surface area contributed by atoms with Crippen molar-refractivity contribution in [3.63, 3.8) is 0 Å². The predicted molar refractivity (Wildman–Crippen MR) is 71.8 cm³/mol. The Balaban J connectivity index is 3.14. The highest BCUT2D eigenvalue weighted by Gasteiger charge is 2.22. The number of carboxylic acid groups (broad SMARTS) is 1. The summed E-state index contributed by atoms with van der Waals surface area (Å²) in [5.74, 6) is -1.13. The predicted octanol–water partition coefficient (Wildman–Crippen LogP) is 1.67. The number of aryl methyl sites for hydroxylation is 1. The second-order valence-corrected chi connectivity index (χ2v) is 6.20. The molecular formula is C12H20N2O4S. The molecular weight excluding hydrogens is 268 g/mol. The maximum Gasteiger partial charge on any atom is 0.352 e. The molecule has 1 unspecified atom stereocenters. The van der Waals surface area contributed by atoms with Crippen LogP contribution < -0.4 is 4.72 Å². The van der Waals surface area contributed by atoms with Gasteiger partial charge in [0, 0.05) is 18.8 Å².